The van der Waals surface area contributed by atoms with Crippen molar-refractivity contribution in [2.24, 2.45) is 0 Å². The van der Waals surface area contributed by atoms with Gasteiger partial charge < -0.3 is 14.7 Å². The number of nitrogens with zero attached hydrogens (tertiary/aromatic N) is 3. The number of rotatable bonds is 7. The van der Waals surface area contributed by atoms with Crippen molar-refractivity contribution < 1.29 is 9.84 Å². The fourth-order valence-corrected chi connectivity index (χ4v) is 2.04. The molecule has 0 radical (unpaired) electrons. The maximum atomic E-state index is 9.98. The van der Waals surface area contributed by atoms with E-state index in [0.29, 0.717) is 19.1 Å². The lowest BCUT2D eigenvalue weighted by Crippen LogP contribution is -2.33. The molecule has 0 spiro atoms. The lowest BCUT2D eigenvalue weighted by atomic mass is 10.2. The van der Waals surface area contributed by atoms with Gasteiger partial charge in [0.15, 0.2) is 0 Å². The third-order valence-electron chi connectivity index (χ3n) is 2.85. The van der Waals surface area contributed by atoms with Crippen LogP contribution in [0, 0.1) is 0 Å². The van der Waals surface area contributed by atoms with Crippen LogP contribution in [0.2, 0.25) is 0 Å². The Balaban J connectivity index is 1.73. The molecule has 0 amide bonds. The molecule has 112 valence electrons. The van der Waals surface area contributed by atoms with E-state index in [-0.39, 0.29) is 6.61 Å². The van der Waals surface area contributed by atoms with Crippen LogP contribution in [0.25, 0.3) is 0 Å². The average molecular weight is 352 g/mol. The van der Waals surface area contributed by atoms with Gasteiger partial charge in [0.2, 0.25) is 5.95 Å². The monoisotopic (exact) mass is 351 g/mol. The van der Waals surface area contributed by atoms with Crippen molar-refractivity contribution in [1.29, 1.82) is 0 Å². The van der Waals surface area contributed by atoms with Gasteiger partial charge in [0.1, 0.15) is 0 Å². The minimum absolute atomic E-state index is 0.274. The lowest BCUT2D eigenvalue weighted by molar-refractivity contribution is 0.0323. The van der Waals surface area contributed by atoms with E-state index in [1.165, 1.54) is 0 Å². The molecule has 0 saturated carbocycles. The maximum Gasteiger partial charge on any atom is 0.225 e. The van der Waals surface area contributed by atoms with Crippen LogP contribution in [0.5, 0.6) is 0 Å². The van der Waals surface area contributed by atoms with Crippen LogP contribution < -0.4 is 4.90 Å². The second-order valence-electron chi connectivity index (χ2n) is 4.74. The molecule has 0 aliphatic carbocycles. The Kier molecular flexibility index (Phi) is 6.10. The maximum absolute atomic E-state index is 9.98. The van der Waals surface area contributed by atoms with E-state index < -0.39 is 6.10 Å². The van der Waals surface area contributed by atoms with Crippen molar-refractivity contribution >= 4 is 21.9 Å². The van der Waals surface area contributed by atoms with Crippen molar-refractivity contribution in [1.82, 2.24) is 9.97 Å². The Morgan fingerprint density at radius 1 is 1.24 bits per heavy atom. The quantitative estimate of drug-likeness (QED) is 0.828. The summed E-state index contributed by atoms with van der Waals surface area (Å²) < 4.78 is 6.34. The normalized spacial score (nSPS) is 12.1. The molecule has 1 aromatic carbocycles. The van der Waals surface area contributed by atoms with Crippen LogP contribution in [0.3, 0.4) is 0 Å². The van der Waals surface area contributed by atoms with Crippen molar-refractivity contribution in [2.45, 2.75) is 12.7 Å². The fourth-order valence-electron chi connectivity index (χ4n) is 1.84. The molecule has 1 N–H and O–H groups in total. The Labute approximate surface area is 132 Å². The third kappa shape index (κ3) is 5.41. The van der Waals surface area contributed by atoms with E-state index in [2.05, 4.69) is 25.9 Å². The Hall–Kier alpha value is -1.50. The number of likely N-dealkylation sites (N-methyl/N-ethyl adjacent to an activating group) is 1. The van der Waals surface area contributed by atoms with Crippen molar-refractivity contribution in [2.75, 3.05) is 25.1 Å². The molecular formula is C15H18BrN3O2. The number of halogens is 1. The summed E-state index contributed by atoms with van der Waals surface area (Å²) >= 11 is 3.29. The van der Waals surface area contributed by atoms with Crippen LogP contribution in [0.4, 0.5) is 5.95 Å². The van der Waals surface area contributed by atoms with Gasteiger partial charge in [-0.2, -0.15) is 0 Å². The summed E-state index contributed by atoms with van der Waals surface area (Å²) in [6.45, 7) is 1.18. The molecule has 0 aliphatic heterocycles. The molecule has 0 aliphatic rings. The molecule has 2 rings (SSSR count). The fraction of sp³-hybridized carbons (Fsp3) is 0.333. The highest BCUT2D eigenvalue weighted by atomic mass is 79.9. The number of aromatic nitrogens is 2. The molecule has 21 heavy (non-hydrogen) atoms. The Morgan fingerprint density at radius 3 is 2.57 bits per heavy atom. The molecule has 1 aromatic heterocycles. The molecule has 2 aromatic rings. The zero-order valence-electron chi connectivity index (χ0n) is 11.8. The summed E-state index contributed by atoms with van der Waals surface area (Å²) in [5.41, 5.74) is 1.09. The molecule has 6 heteroatoms. The first-order valence-electron chi connectivity index (χ1n) is 6.63. The molecule has 0 saturated heterocycles. The van der Waals surface area contributed by atoms with E-state index in [4.69, 9.17) is 4.74 Å². The number of aliphatic hydroxyl groups is 1. The Morgan fingerprint density at radius 2 is 1.90 bits per heavy atom. The number of ether oxygens (including phenoxy) is 1. The van der Waals surface area contributed by atoms with Crippen LogP contribution >= 0.6 is 15.9 Å². The highest BCUT2D eigenvalue weighted by Gasteiger charge is 2.11. The zero-order chi connectivity index (χ0) is 15.1. The molecule has 0 bridgehead atoms. The van der Waals surface area contributed by atoms with Gasteiger partial charge in [-0.3, -0.25) is 0 Å². The van der Waals surface area contributed by atoms with E-state index in [0.717, 1.165) is 10.0 Å². The van der Waals surface area contributed by atoms with Gasteiger partial charge in [-0.25, -0.2) is 9.97 Å². The summed E-state index contributed by atoms with van der Waals surface area (Å²) in [6.07, 6.45) is 2.76. The van der Waals surface area contributed by atoms with E-state index >= 15 is 0 Å². The Bertz CT molecular complexity index is 536. The molecule has 1 heterocycles. The number of benzene rings is 1. The smallest absolute Gasteiger partial charge is 0.225 e. The third-order valence-corrected chi connectivity index (χ3v) is 3.26. The molecule has 1 unspecified atom stereocenters. The standard InChI is InChI=1S/C15H18BrN3O2/c1-19(15-17-7-13(16)8-18-15)9-14(20)11-21-10-12-5-3-2-4-6-12/h2-8,14,20H,9-11H2,1H3. The van der Waals surface area contributed by atoms with Gasteiger partial charge in [0.05, 0.1) is 23.8 Å². The minimum atomic E-state index is -0.592. The molecule has 0 fully saturated rings. The van der Waals surface area contributed by atoms with E-state index in [1.54, 1.807) is 17.3 Å². The van der Waals surface area contributed by atoms with E-state index in [1.807, 2.05) is 37.4 Å². The number of hydrogen-bond donors (Lipinski definition) is 1. The van der Waals surface area contributed by atoms with Crippen molar-refractivity contribution in [3.63, 3.8) is 0 Å². The summed E-state index contributed by atoms with van der Waals surface area (Å²) in [5.74, 6) is 0.570. The number of hydrogen-bond acceptors (Lipinski definition) is 5. The second kappa shape index (κ2) is 8.07. The first kappa shape index (κ1) is 15.9. The van der Waals surface area contributed by atoms with Gasteiger partial charge in [-0.15, -0.1) is 0 Å². The summed E-state index contributed by atoms with van der Waals surface area (Å²) in [6, 6.07) is 9.88. The van der Waals surface area contributed by atoms with Crippen LogP contribution in [-0.2, 0) is 11.3 Å². The van der Waals surface area contributed by atoms with E-state index in [9.17, 15) is 5.11 Å². The highest BCUT2D eigenvalue weighted by molar-refractivity contribution is 9.10. The first-order valence-corrected chi connectivity index (χ1v) is 7.43. The summed E-state index contributed by atoms with van der Waals surface area (Å²) in [7, 11) is 1.84. The lowest BCUT2D eigenvalue weighted by Gasteiger charge is -2.20. The second-order valence-corrected chi connectivity index (χ2v) is 5.65. The number of aliphatic hydroxyl groups excluding tert-OH is 1. The van der Waals surface area contributed by atoms with Crippen LogP contribution in [-0.4, -0.2) is 41.4 Å². The van der Waals surface area contributed by atoms with Gasteiger partial charge in [0, 0.05) is 26.0 Å². The molecular weight excluding hydrogens is 334 g/mol. The SMILES string of the molecule is CN(CC(O)COCc1ccccc1)c1ncc(Br)cn1. The largest absolute Gasteiger partial charge is 0.389 e. The predicted molar refractivity (Wildman–Crippen MR) is 85.1 cm³/mol. The number of anilines is 1. The predicted octanol–water partition coefficient (Wildman–Crippen LogP) is 2.25. The van der Waals surface area contributed by atoms with Crippen LogP contribution in [0.15, 0.2) is 47.2 Å². The zero-order valence-corrected chi connectivity index (χ0v) is 13.4. The molecule has 1 atom stereocenters. The highest BCUT2D eigenvalue weighted by Crippen LogP contribution is 2.10. The van der Waals surface area contributed by atoms with Gasteiger partial charge in [-0.1, -0.05) is 30.3 Å². The summed E-state index contributed by atoms with van der Waals surface area (Å²) in [5, 5.41) is 9.98. The average Bonchev–Trinajstić information content (AvgIpc) is 2.49. The van der Waals surface area contributed by atoms with Crippen molar-refractivity contribution in [3.8, 4) is 0 Å². The first-order chi connectivity index (χ1) is 10.1. The topological polar surface area (TPSA) is 58.5 Å². The molecule has 5 nitrogen and oxygen atoms in total. The van der Waals surface area contributed by atoms with Gasteiger partial charge in [0.25, 0.3) is 0 Å². The minimum Gasteiger partial charge on any atom is -0.389 e. The van der Waals surface area contributed by atoms with Gasteiger partial charge in [-0.05, 0) is 21.5 Å². The van der Waals surface area contributed by atoms with Crippen LogP contribution in [0.1, 0.15) is 5.56 Å². The van der Waals surface area contributed by atoms with Crippen molar-refractivity contribution in [3.05, 3.63) is 52.8 Å². The van der Waals surface area contributed by atoms with Gasteiger partial charge >= 0.3 is 0 Å². The summed E-state index contributed by atoms with van der Waals surface area (Å²) in [4.78, 5) is 10.1.